The summed E-state index contributed by atoms with van der Waals surface area (Å²) in [5, 5.41) is 3.02. The quantitative estimate of drug-likeness (QED) is 0.572. The standard InChI is InChI=1S/C12H22ClNO/c1-12(2)7-5-6-10(12)11(15)14-9-4-3-8-13/h10H,3-9H2,1-2H3,(H,14,15). The molecule has 1 amide bonds. The highest BCUT2D eigenvalue weighted by Crippen LogP contribution is 2.42. The van der Waals surface area contributed by atoms with E-state index in [-0.39, 0.29) is 17.2 Å². The third-order valence-corrected chi connectivity index (χ3v) is 3.70. The fourth-order valence-corrected chi connectivity index (χ4v) is 2.56. The summed E-state index contributed by atoms with van der Waals surface area (Å²) in [5.74, 6) is 1.14. The lowest BCUT2D eigenvalue weighted by molar-refractivity contribution is -0.127. The van der Waals surface area contributed by atoms with Gasteiger partial charge in [0.05, 0.1) is 0 Å². The Morgan fingerprint density at radius 3 is 2.73 bits per heavy atom. The van der Waals surface area contributed by atoms with E-state index in [4.69, 9.17) is 11.6 Å². The highest BCUT2D eigenvalue weighted by Gasteiger charge is 2.38. The first-order chi connectivity index (χ1) is 7.08. The minimum atomic E-state index is 0.191. The van der Waals surface area contributed by atoms with Crippen LogP contribution < -0.4 is 5.32 Å². The number of amides is 1. The molecule has 15 heavy (non-hydrogen) atoms. The van der Waals surface area contributed by atoms with Gasteiger partial charge in [-0.3, -0.25) is 4.79 Å². The smallest absolute Gasteiger partial charge is 0.223 e. The van der Waals surface area contributed by atoms with Gasteiger partial charge in [-0.05, 0) is 31.1 Å². The van der Waals surface area contributed by atoms with Gasteiger partial charge in [-0.15, -0.1) is 11.6 Å². The van der Waals surface area contributed by atoms with E-state index < -0.39 is 0 Å². The average molecular weight is 232 g/mol. The third-order valence-electron chi connectivity index (χ3n) is 3.43. The van der Waals surface area contributed by atoms with Crippen LogP contribution in [0.4, 0.5) is 0 Å². The fourth-order valence-electron chi connectivity index (χ4n) is 2.37. The number of halogens is 1. The molecular formula is C12H22ClNO. The molecule has 1 saturated carbocycles. The molecule has 1 atom stereocenters. The van der Waals surface area contributed by atoms with Crippen LogP contribution in [0.25, 0.3) is 0 Å². The zero-order valence-corrected chi connectivity index (χ0v) is 10.6. The molecule has 1 aliphatic rings. The molecule has 0 spiro atoms. The molecule has 0 aromatic carbocycles. The largest absolute Gasteiger partial charge is 0.356 e. The molecule has 0 aliphatic heterocycles. The molecule has 1 unspecified atom stereocenters. The maximum atomic E-state index is 11.9. The van der Waals surface area contributed by atoms with Crippen molar-refractivity contribution in [3.63, 3.8) is 0 Å². The maximum absolute atomic E-state index is 11.9. The molecule has 0 bridgehead atoms. The summed E-state index contributed by atoms with van der Waals surface area (Å²) in [6, 6.07) is 0. The number of carbonyl (C=O) groups is 1. The van der Waals surface area contributed by atoms with Crippen molar-refractivity contribution < 1.29 is 4.79 Å². The number of nitrogens with one attached hydrogen (secondary N) is 1. The first-order valence-corrected chi connectivity index (χ1v) is 6.45. The number of hydrogen-bond acceptors (Lipinski definition) is 1. The fraction of sp³-hybridized carbons (Fsp3) is 0.917. The van der Waals surface area contributed by atoms with E-state index in [9.17, 15) is 4.79 Å². The molecule has 1 N–H and O–H groups in total. The summed E-state index contributed by atoms with van der Waals surface area (Å²) in [7, 11) is 0. The summed E-state index contributed by atoms with van der Waals surface area (Å²) in [5.41, 5.74) is 0.191. The zero-order valence-electron chi connectivity index (χ0n) is 9.81. The molecule has 1 fully saturated rings. The summed E-state index contributed by atoms with van der Waals surface area (Å²) >= 11 is 5.58. The summed E-state index contributed by atoms with van der Waals surface area (Å²) in [4.78, 5) is 11.9. The first-order valence-electron chi connectivity index (χ1n) is 5.91. The van der Waals surface area contributed by atoms with Crippen LogP contribution in [0.15, 0.2) is 0 Å². The Hall–Kier alpha value is -0.240. The molecule has 88 valence electrons. The topological polar surface area (TPSA) is 29.1 Å². The third kappa shape index (κ3) is 3.67. The van der Waals surface area contributed by atoms with Gasteiger partial charge in [-0.25, -0.2) is 0 Å². The summed E-state index contributed by atoms with van der Waals surface area (Å²) in [6.45, 7) is 5.17. The van der Waals surface area contributed by atoms with Crippen LogP contribution in [0.5, 0.6) is 0 Å². The van der Waals surface area contributed by atoms with E-state index in [0.29, 0.717) is 5.88 Å². The van der Waals surface area contributed by atoms with E-state index in [1.807, 2.05) is 0 Å². The lowest BCUT2D eigenvalue weighted by Gasteiger charge is -2.25. The molecule has 2 nitrogen and oxygen atoms in total. The Morgan fingerprint density at radius 1 is 1.47 bits per heavy atom. The van der Waals surface area contributed by atoms with Gasteiger partial charge in [-0.1, -0.05) is 20.3 Å². The van der Waals surface area contributed by atoms with Gasteiger partial charge in [0.2, 0.25) is 5.91 Å². The zero-order chi connectivity index (χ0) is 11.3. The van der Waals surface area contributed by atoms with Crippen molar-refractivity contribution in [2.45, 2.75) is 46.0 Å². The van der Waals surface area contributed by atoms with E-state index in [2.05, 4.69) is 19.2 Å². The van der Waals surface area contributed by atoms with Crippen LogP contribution in [0.3, 0.4) is 0 Å². The number of unbranched alkanes of at least 4 members (excludes halogenated alkanes) is 1. The van der Waals surface area contributed by atoms with Gasteiger partial charge in [0.1, 0.15) is 0 Å². The Balaban J connectivity index is 2.28. The molecule has 1 aliphatic carbocycles. The van der Waals surface area contributed by atoms with Gasteiger partial charge in [-0.2, -0.15) is 0 Å². The van der Waals surface area contributed by atoms with Crippen LogP contribution in [-0.4, -0.2) is 18.3 Å². The molecular weight excluding hydrogens is 210 g/mol. The van der Waals surface area contributed by atoms with Crippen molar-refractivity contribution in [3.8, 4) is 0 Å². The van der Waals surface area contributed by atoms with Crippen molar-refractivity contribution >= 4 is 17.5 Å². The Labute approximate surface area is 97.8 Å². The molecule has 3 heteroatoms. The lowest BCUT2D eigenvalue weighted by Crippen LogP contribution is -2.36. The predicted molar refractivity (Wildman–Crippen MR) is 64.1 cm³/mol. The maximum Gasteiger partial charge on any atom is 0.223 e. The average Bonchev–Trinajstić information content (AvgIpc) is 2.52. The van der Waals surface area contributed by atoms with Gasteiger partial charge in [0.15, 0.2) is 0 Å². The second kappa shape index (κ2) is 5.74. The molecule has 0 aromatic heterocycles. The second-order valence-corrected chi connectivity index (χ2v) is 5.50. The normalized spacial score (nSPS) is 24.1. The SMILES string of the molecule is CC1(C)CCCC1C(=O)NCCCCCl. The van der Waals surface area contributed by atoms with Crippen molar-refractivity contribution in [1.29, 1.82) is 0 Å². The first kappa shape index (κ1) is 12.8. The molecule has 0 aromatic rings. The van der Waals surface area contributed by atoms with Gasteiger partial charge in [0, 0.05) is 18.3 Å². The monoisotopic (exact) mass is 231 g/mol. The van der Waals surface area contributed by atoms with E-state index in [1.54, 1.807) is 0 Å². The van der Waals surface area contributed by atoms with E-state index in [0.717, 1.165) is 25.8 Å². The van der Waals surface area contributed by atoms with Crippen LogP contribution in [-0.2, 0) is 4.79 Å². The number of alkyl halides is 1. The highest BCUT2D eigenvalue weighted by molar-refractivity contribution is 6.17. The number of hydrogen-bond donors (Lipinski definition) is 1. The highest BCUT2D eigenvalue weighted by atomic mass is 35.5. The van der Waals surface area contributed by atoms with Crippen LogP contribution in [0, 0.1) is 11.3 Å². The molecule has 1 rings (SSSR count). The molecule has 0 radical (unpaired) electrons. The van der Waals surface area contributed by atoms with Crippen molar-refractivity contribution in [1.82, 2.24) is 5.32 Å². The van der Waals surface area contributed by atoms with Crippen molar-refractivity contribution in [2.24, 2.45) is 11.3 Å². The van der Waals surface area contributed by atoms with Crippen molar-refractivity contribution in [3.05, 3.63) is 0 Å². The van der Waals surface area contributed by atoms with Gasteiger partial charge in [0.25, 0.3) is 0 Å². The number of rotatable bonds is 5. The van der Waals surface area contributed by atoms with Gasteiger partial charge >= 0.3 is 0 Å². The minimum absolute atomic E-state index is 0.191. The van der Waals surface area contributed by atoms with E-state index >= 15 is 0 Å². The predicted octanol–water partition coefficient (Wildman–Crippen LogP) is 2.95. The Kier molecular flexibility index (Phi) is 4.91. The number of carbonyl (C=O) groups excluding carboxylic acids is 1. The molecule has 0 heterocycles. The molecule has 0 saturated heterocycles. The Morgan fingerprint density at radius 2 is 2.20 bits per heavy atom. The van der Waals surface area contributed by atoms with E-state index in [1.165, 1.54) is 12.8 Å². The van der Waals surface area contributed by atoms with Crippen LogP contribution >= 0.6 is 11.6 Å². The van der Waals surface area contributed by atoms with Gasteiger partial charge < -0.3 is 5.32 Å². The minimum Gasteiger partial charge on any atom is -0.356 e. The summed E-state index contributed by atoms with van der Waals surface area (Å²) < 4.78 is 0. The van der Waals surface area contributed by atoms with Crippen LogP contribution in [0.2, 0.25) is 0 Å². The Bertz CT molecular complexity index is 216. The summed E-state index contributed by atoms with van der Waals surface area (Å²) in [6.07, 6.45) is 5.38. The lowest BCUT2D eigenvalue weighted by atomic mass is 9.81. The van der Waals surface area contributed by atoms with Crippen molar-refractivity contribution in [2.75, 3.05) is 12.4 Å². The second-order valence-electron chi connectivity index (χ2n) is 5.12. The van der Waals surface area contributed by atoms with Crippen LogP contribution in [0.1, 0.15) is 46.0 Å².